The van der Waals surface area contributed by atoms with E-state index in [1.807, 2.05) is 24.3 Å². The molecule has 0 spiro atoms. The smallest absolute Gasteiger partial charge is 0.277 e. The van der Waals surface area contributed by atoms with Crippen molar-refractivity contribution < 1.29 is 31.2 Å². The number of nitrogens with one attached hydrogen (secondary N) is 3. The van der Waals surface area contributed by atoms with Gasteiger partial charge < -0.3 is 10.1 Å². The zero-order valence-corrected chi connectivity index (χ0v) is 36.8. The first-order valence-corrected chi connectivity index (χ1v) is 24.5. The van der Waals surface area contributed by atoms with Gasteiger partial charge in [-0.05, 0) is 104 Å². The van der Waals surface area contributed by atoms with Crippen molar-refractivity contribution in [1.82, 2.24) is 35.4 Å². The Morgan fingerprint density at radius 3 is 1.80 bits per heavy atom. The summed E-state index contributed by atoms with van der Waals surface area (Å²) in [5.74, 6) is -0.166. The van der Waals surface area contributed by atoms with Gasteiger partial charge in [-0.1, -0.05) is 30.3 Å². The molecule has 2 amide bonds. The number of carbonyl (C=O) groups excluding carboxylic acids is 2. The normalized spacial score (nSPS) is 19.5. The SMILES string of the molecule is COc1nc(C(=C[C@H]2CCC(=O)N2n2c(/C(=C\[C@H]3CCC(=O)N3)c3ccc(S(=O)(=O)C4CC4)cc3)ccc(-c3cn[nH]c3)c2=O)c2ccc(S(=O)(=O)C3CC3)cc2)ccc1-c1cn[nH]c1. The highest BCUT2D eigenvalue weighted by molar-refractivity contribution is 7.92. The van der Waals surface area contributed by atoms with Gasteiger partial charge in [-0.3, -0.25) is 24.6 Å². The molecule has 6 heterocycles. The van der Waals surface area contributed by atoms with E-state index in [-0.39, 0.29) is 33.6 Å². The summed E-state index contributed by atoms with van der Waals surface area (Å²) in [5.41, 5.74) is 4.69. The van der Waals surface area contributed by atoms with Gasteiger partial charge in [0, 0.05) is 59.1 Å². The van der Waals surface area contributed by atoms with Gasteiger partial charge in [0.25, 0.3) is 5.56 Å². The number of aromatic amines is 2. The Balaban J connectivity index is 1.15. The maximum atomic E-state index is 15.1. The number of carbonyl (C=O) groups is 2. The molecule has 4 aromatic heterocycles. The predicted octanol–water partition coefficient (Wildman–Crippen LogP) is 5.37. The second-order valence-electron chi connectivity index (χ2n) is 16.7. The van der Waals surface area contributed by atoms with Crippen LogP contribution in [0.5, 0.6) is 5.88 Å². The molecule has 10 rings (SSSR count). The van der Waals surface area contributed by atoms with Crippen LogP contribution in [0.25, 0.3) is 33.4 Å². The van der Waals surface area contributed by atoms with E-state index < -0.39 is 47.8 Å². The zero-order chi connectivity index (χ0) is 45.0. The number of rotatable bonds is 14. The molecule has 2 saturated heterocycles. The maximum Gasteiger partial charge on any atom is 0.277 e. The number of H-pyrrole nitrogens is 2. The molecule has 65 heavy (non-hydrogen) atoms. The number of pyridine rings is 2. The van der Waals surface area contributed by atoms with E-state index >= 15 is 4.79 Å². The Hall–Kier alpha value is -6.92. The number of sulfone groups is 2. The van der Waals surface area contributed by atoms with Crippen LogP contribution >= 0.6 is 0 Å². The van der Waals surface area contributed by atoms with Crippen LogP contribution in [0.1, 0.15) is 73.9 Å². The summed E-state index contributed by atoms with van der Waals surface area (Å²) in [6.45, 7) is 0. The van der Waals surface area contributed by atoms with Crippen LogP contribution in [-0.2, 0) is 29.3 Å². The molecule has 6 aromatic rings. The number of hydrogen-bond acceptors (Lipinski definition) is 11. The van der Waals surface area contributed by atoms with Crippen molar-refractivity contribution in [3.05, 3.63) is 143 Å². The van der Waals surface area contributed by atoms with Gasteiger partial charge >= 0.3 is 0 Å². The van der Waals surface area contributed by atoms with Gasteiger partial charge in [-0.25, -0.2) is 31.5 Å². The minimum absolute atomic E-state index is 0.0798. The molecule has 332 valence electrons. The van der Waals surface area contributed by atoms with Crippen LogP contribution in [0, 0.1) is 0 Å². The van der Waals surface area contributed by atoms with Crippen molar-refractivity contribution in [3.8, 4) is 28.1 Å². The minimum Gasteiger partial charge on any atom is -0.481 e. The first kappa shape index (κ1) is 42.1. The van der Waals surface area contributed by atoms with Crippen LogP contribution in [0.2, 0.25) is 0 Å². The van der Waals surface area contributed by atoms with E-state index in [1.54, 1.807) is 79.3 Å². The van der Waals surface area contributed by atoms with Crippen LogP contribution in [0.15, 0.2) is 124 Å². The van der Waals surface area contributed by atoms with E-state index in [2.05, 4.69) is 25.7 Å². The molecule has 0 unspecified atom stereocenters. The standard InChI is InChI=1S/C47H44N8O8S2/c1-63-46-38(30-24-48-49-25-30)16-18-42(53-46)40(28-2-8-34(9-3-28)64(59,60)36-12-13-36)23-33-7-21-45(57)54(33)55-43(19-17-39(47(55)58)31-26-50-51-27-31)41(22-32-6-20-44(56)52-32)29-4-10-35(11-5-29)65(61,62)37-14-15-37/h2-5,8-11,16-19,22-27,32-33,36-37H,6-7,12-15,20-21H2,1H3,(H,48,49)(H,50,51)(H,52,56)/b40-23?,41-22-/t32-,33-/m1/s1. The third-order valence-electron chi connectivity index (χ3n) is 12.4. The fourth-order valence-electron chi connectivity index (χ4n) is 8.64. The quantitative estimate of drug-likeness (QED) is 0.126. The molecule has 4 fully saturated rings. The second kappa shape index (κ2) is 16.6. The lowest BCUT2D eigenvalue weighted by Gasteiger charge is -2.29. The van der Waals surface area contributed by atoms with Crippen molar-refractivity contribution in [1.29, 1.82) is 0 Å². The van der Waals surface area contributed by atoms with Gasteiger partial charge in [0.05, 0.1) is 62.8 Å². The van der Waals surface area contributed by atoms with Gasteiger partial charge in [-0.15, -0.1) is 0 Å². The second-order valence-corrected chi connectivity index (χ2v) is 21.2. The Morgan fingerprint density at radius 1 is 0.677 bits per heavy atom. The largest absolute Gasteiger partial charge is 0.481 e. The zero-order valence-electron chi connectivity index (χ0n) is 35.2. The molecule has 2 aliphatic heterocycles. The molecule has 4 aliphatic rings. The molecular weight excluding hydrogens is 869 g/mol. The highest BCUT2D eigenvalue weighted by Gasteiger charge is 2.39. The summed E-state index contributed by atoms with van der Waals surface area (Å²) in [5, 5.41) is 17.3. The third kappa shape index (κ3) is 8.01. The Morgan fingerprint density at radius 2 is 1.26 bits per heavy atom. The van der Waals surface area contributed by atoms with Gasteiger partial charge in [0.2, 0.25) is 17.7 Å². The predicted molar refractivity (Wildman–Crippen MR) is 242 cm³/mol. The topological polar surface area (TPSA) is 219 Å². The average molecular weight is 913 g/mol. The number of methoxy groups -OCH3 is 1. The van der Waals surface area contributed by atoms with E-state index in [1.165, 1.54) is 23.0 Å². The number of hydrogen-bond donors (Lipinski definition) is 3. The number of nitrogens with zero attached hydrogens (tertiary/aromatic N) is 5. The fraction of sp³-hybridized carbons (Fsp3) is 0.277. The highest BCUT2D eigenvalue weighted by Crippen LogP contribution is 2.38. The average Bonchev–Trinajstić information content (AvgIpc) is 4.14. The highest BCUT2D eigenvalue weighted by atomic mass is 32.2. The molecule has 2 aromatic carbocycles. The van der Waals surface area contributed by atoms with E-state index in [4.69, 9.17) is 9.72 Å². The maximum absolute atomic E-state index is 15.1. The van der Waals surface area contributed by atoms with E-state index in [0.29, 0.717) is 95.6 Å². The first-order chi connectivity index (χ1) is 31.4. The van der Waals surface area contributed by atoms with Crippen molar-refractivity contribution in [3.63, 3.8) is 0 Å². The molecular formula is C47H44N8O8S2. The number of benzene rings is 2. The molecule has 2 aliphatic carbocycles. The van der Waals surface area contributed by atoms with Gasteiger partial charge in [0.15, 0.2) is 19.7 Å². The fourth-order valence-corrected chi connectivity index (χ4v) is 12.0. The summed E-state index contributed by atoms with van der Waals surface area (Å²) in [6, 6.07) is 19.0. The molecule has 16 nitrogen and oxygen atoms in total. The third-order valence-corrected chi connectivity index (χ3v) is 16.9. The van der Waals surface area contributed by atoms with Crippen LogP contribution < -0.4 is 20.6 Å². The first-order valence-electron chi connectivity index (χ1n) is 21.4. The van der Waals surface area contributed by atoms with Crippen molar-refractivity contribution in [2.75, 3.05) is 12.1 Å². The molecule has 2 saturated carbocycles. The molecule has 0 radical (unpaired) electrons. The lowest BCUT2D eigenvalue weighted by atomic mass is 9.97. The van der Waals surface area contributed by atoms with E-state index in [0.717, 1.165) is 5.56 Å². The van der Waals surface area contributed by atoms with Gasteiger partial charge in [0.1, 0.15) is 0 Å². The van der Waals surface area contributed by atoms with Crippen LogP contribution in [-0.4, -0.2) is 88.4 Å². The number of ether oxygens (including phenoxy) is 1. The van der Waals surface area contributed by atoms with Crippen molar-refractivity contribution in [2.45, 2.75) is 83.7 Å². The Kier molecular flexibility index (Phi) is 10.7. The monoisotopic (exact) mass is 912 g/mol. The number of amides is 2. The van der Waals surface area contributed by atoms with E-state index in [9.17, 15) is 26.4 Å². The molecule has 0 bridgehead atoms. The lowest BCUT2D eigenvalue weighted by Crippen LogP contribution is -2.49. The van der Waals surface area contributed by atoms with Crippen molar-refractivity contribution in [2.24, 2.45) is 0 Å². The molecule has 2 atom stereocenters. The molecule has 3 N–H and O–H groups in total. The summed E-state index contributed by atoms with van der Waals surface area (Å²) < 4.78 is 60.1. The summed E-state index contributed by atoms with van der Waals surface area (Å²) >= 11 is 0. The van der Waals surface area contributed by atoms with Crippen LogP contribution in [0.4, 0.5) is 0 Å². The van der Waals surface area contributed by atoms with Gasteiger partial charge in [-0.2, -0.15) is 10.2 Å². The number of aromatic nitrogens is 6. The summed E-state index contributed by atoms with van der Waals surface area (Å²) in [7, 11) is -5.49. The minimum atomic E-state index is -3.51. The summed E-state index contributed by atoms with van der Waals surface area (Å²) in [6.07, 6.45) is 13.8. The summed E-state index contributed by atoms with van der Waals surface area (Å²) in [4.78, 5) is 47.5. The lowest BCUT2D eigenvalue weighted by molar-refractivity contribution is -0.119. The molecule has 18 heteroatoms. The Bertz CT molecular complexity index is 3170. The van der Waals surface area contributed by atoms with Crippen LogP contribution in [0.3, 0.4) is 0 Å². The Labute approximate surface area is 374 Å². The van der Waals surface area contributed by atoms with Crippen molar-refractivity contribution >= 4 is 42.6 Å².